The Labute approximate surface area is 68.8 Å². The molecule has 0 aliphatic heterocycles. The Hall–Kier alpha value is 0.310. The van der Waals surface area contributed by atoms with Crippen LogP contribution in [0.4, 0.5) is 0 Å². The molecule has 0 amide bonds. The van der Waals surface area contributed by atoms with Gasteiger partial charge >= 0.3 is 0 Å². The number of unbranched alkanes of at least 4 members (excludes halogenated alkanes) is 1. The zero-order chi connectivity index (χ0) is 7.82. The van der Waals surface area contributed by atoms with E-state index < -0.39 is 0 Å². The van der Waals surface area contributed by atoms with Gasteiger partial charge in [-0.15, -0.1) is 0 Å². The highest BCUT2D eigenvalue weighted by molar-refractivity contribution is 7.99. The van der Waals surface area contributed by atoms with E-state index in [1.165, 1.54) is 18.6 Å². The normalized spacial score (nSPS) is 13.5. The highest BCUT2D eigenvalue weighted by atomic mass is 32.2. The number of thioether (sulfide) groups is 1. The molecule has 0 saturated heterocycles. The molecule has 62 valence electrons. The lowest BCUT2D eigenvalue weighted by atomic mass is 10.3. The highest BCUT2D eigenvalue weighted by Crippen LogP contribution is 2.14. The lowest BCUT2D eigenvalue weighted by molar-refractivity contribution is 0.817. The number of nitrogens with two attached hydrogens (primary N) is 1. The lowest BCUT2D eigenvalue weighted by Crippen LogP contribution is -2.07. The van der Waals surface area contributed by atoms with Gasteiger partial charge in [0, 0.05) is 5.25 Å². The minimum absolute atomic E-state index is 0.761. The zero-order valence-corrected chi connectivity index (χ0v) is 7.91. The molecule has 0 saturated carbocycles. The smallest absolute Gasteiger partial charge is 0.00307 e. The molecule has 0 aliphatic rings. The van der Waals surface area contributed by atoms with Crippen molar-refractivity contribution in [2.24, 2.45) is 5.73 Å². The van der Waals surface area contributed by atoms with Crippen molar-refractivity contribution in [3.8, 4) is 0 Å². The monoisotopic (exact) mass is 161 g/mol. The first kappa shape index (κ1) is 10.3. The van der Waals surface area contributed by atoms with Crippen LogP contribution in [0.2, 0.25) is 0 Å². The van der Waals surface area contributed by atoms with Crippen molar-refractivity contribution in [3.05, 3.63) is 0 Å². The third-order valence-electron chi connectivity index (χ3n) is 1.47. The molecule has 1 nitrogen and oxygen atoms in total. The van der Waals surface area contributed by atoms with Crippen LogP contribution >= 0.6 is 11.8 Å². The second-order valence-corrected chi connectivity index (χ2v) is 4.16. The highest BCUT2D eigenvalue weighted by Gasteiger charge is 1.98. The molecule has 0 heterocycles. The molecular formula is C8H19NS. The first-order chi connectivity index (χ1) is 4.81. The van der Waals surface area contributed by atoms with E-state index in [0.29, 0.717) is 0 Å². The average molecular weight is 161 g/mol. The van der Waals surface area contributed by atoms with Crippen molar-refractivity contribution in [3.63, 3.8) is 0 Å². The number of rotatable bonds is 6. The Morgan fingerprint density at radius 2 is 2.20 bits per heavy atom. The standard InChI is InChI=1S/C8H19NS/c1-3-4-7-10-8(2)5-6-9/h8H,3-7,9H2,1-2H3/t8-/m0/s1. The lowest BCUT2D eigenvalue weighted by Gasteiger charge is -2.07. The predicted molar refractivity (Wildman–Crippen MR) is 50.5 cm³/mol. The molecule has 0 spiro atoms. The van der Waals surface area contributed by atoms with Crippen molar-refractivity contribution >= 4 is 11.8 Å². The van der Waals surface area contributed by atoms with Crippen LogP contribution in [0, 0.1) is 0 Å². The molecule has 0 aromatic rings. The maximum atomic E-state index is 5.42. The summed E-state index contributed by atoms with van der Waals surface area (Å²) in [6, 6.07) is 0. The van der Waals surface area contributed by atoms with Gasteiger partial charge in [0.25, 0.3) is 0 Å². The molecule has 0 bridgehead atoms. The van der Waals surface area contributed by atoms with Crippen molar-refractivity contribution in [2.45, 2.75) is 38.4 Å². The summed E-state index contributed by atoms with van der Waals surface area (Å²) in [5.41, 5.74) is 5.42. The van der Waals surface area contributed by atoms with Crippen LogP contribution in [-0.2, 0) is 0 Å². The summed E-state index contributed by atoms with van der Waals surface area (Å²) < 4.78 is 0. The molecular weight excluding hydrogens is 142 g/mol. The molecule has 0 unspecified atom stereocenters. The molecule has 1 atom stereocenters. The van der Waals surface area contributed by atoms with Gasteiger partial charge in [0.1, 0.15) is 0 Å². The van der Waals surface area contributed by atoms with E-state index in [1.54, 1.807) is 0 Å². The van der Waals surface area contributed by atoms with E-state index in [-0.39, 0.29) is 0 Å². The van der Waals surface area contributed by atoms with Crippen LogP contribution in [0.5, 0.6) is 0 Å². The van der Waals surface area contributed by atoms with Gasteiger partial charge in [-0.05, 0) is 25.1 Å². The summed E-state index contributed by atoms with van der Waals surface area (Å²) >= 11 is 2.05. The largest absolute Gasteiger partial charge is 0.330 e. The number of hydrogen-bond donors (Lipinski definition) is 1. The van der Waals surface area contributed by atoms with E-state index in [1.807, 2.05) is 11.8 Å². The maximum absolute atomic E-state index is 5.42. The van der Waals surface area contributed by atoms with E-state index in [4.69, 9.17) is 5.73 Å². The van der Waals surface area contributed by atoms with Crippen molar-refractivity contribution in [1.82, 2.24) is 0 Å². The van der Waals surface area contributed by atoms with Gasteiger partial charge < -0.3 is 5.73 Å². The minimum Gasteiger partial charge on any atom is -0.330 e. The fourth-order valence-corrected chi connectivity index (χ4v) is 1.91. The Bertz CT molecular complexity index is 66.3. The molecule has 2 N–H and O–H groups in total. The Balaban J connectivity index is 2.97. The van der Waals surface area contributed by atoms with E-state index >= 15 is 0 Å². The maximum Gasteiger partial charge on any atom is 0.00307 e. The van der Waals surface area contributed by atoms with Gasteiger partial charge in [0.05, 0.1) is 0 Å². The molecule has 0 aromatic heterocycles. The summed E-state index contributed by atoms with van der Waals surface area (Å²) in [6.45, 7) is 5.32. The third-order valence-corrected chi connectivity index (χ3v) is 2.80. The Morgan fingerprint density at radius 1 is 1.50 bits per heavy atom. The quantitative estimate of drug-likeness (QED) is 0.605. The minimum atomic E-state index is 0.761. The van der Waals surface area contributed by atoms with Gasteiger partial charge in [0.2, 0.25) is 0 Å². The summed E-state index contributed by atoms with van der Waals surface area (Å²) in [6.07, 6.45) is 3.82. The van der Waals surface area contributed by atoms with Crippen LogP contribution in [0.25, 0.3) is 0 Å². The van der Waals surface area contributed by atoms with Crippen LogP contribution in [0.1, 0.15) is 33.1 Å². The molecule has 2 heteroatoms. The van der Waals surface area contributed by atoms with Crippen molar-refractivity contribution in [1.29, 1.82) is 0 Å². The molecule has 0 aromatic carbocycles. The van der Waals surface area contributed by atoms with Crippen LogP contribution in [0.3, 0.4) is 0 Å². The second-order valence-electron chi connectivity index (χ2n) is 2.61. The van der Waals surface area contributed by atoms with E-state index in [0.717, 1.165) is 18.2 Å². The van der Waals surface area contributed by atoms with Gasteiger partial charge in [-0.3, -0.25) is 0 Å². The van der Waals surface area contributed by atoms with Crippen molar-refractivity contribution < 1.29 is 0 Å². The van der Waals surface area contributed by atoms with E-state index in [2.05, 4.69) is 13.8 Å². The summed E-state index contributed by atoms with van der Waals surface area (Å²) in [5, 5.41) is 0.761. The van der Waals surface area contributed by atoms with Gasteiger partial charge in [-0.25, -0.2) is 0 Å². The fraction of sp³-hybridized carbons (Fsp3) is 1.00. The fourth-order valence-electron chi connectivity index (χ4n) is 0.747. The zero-order valence-electron chi connectivity index (χ0n) is 7.10. The topological polar surface area (TPSA) is 26.0 Å². The van der Waals surface area contributed by atoms with Crippen molar-refractivity contribution in [2.75, 3.05) is 12.3 Å². The predicted octanol–water partition coefficient (Wildman–Crippen LogP) is 2.26. The first-order valence-electron chi connectivity index (χ1n) is 4.13. The number of hydrogen-bond acceptors (Lipinski definition) is 2. The van der Waals surface area contributed by atoms with Gasteiger partial charge in [-0.1, -0.05) is 20.3 Å². The first-order valence-corrected chi connectivity index (χ1v) is 5.17. The van der Waals surface area contributed by atoms with Crippen LogP contribution in [-0.4, -0.2) is 17.5 Å². The summed E-state index contributed by atoms with van der Waals surface area (Å²) in [4.78, 5) is 0. The second kappa shape index (κ2) is 7.42. The summed E-state index contributed by atoms with van der Waals surface area (Å²) in [7, 11) is 0. The molecule has 10 heavy (non-hydrogen) atoms. The Kier molecular flexibility index (Phi) is 7.65. The molecule has 0 fully saturated rings. The van der Waals surface area contributed by atoms with Gasteiger partial charge in [-0.2, -0.15) is 11.8 Å². The Morgan fingerprint density at radius 3 is 2.70 bits per heavy atom. The third kappa shape index (κ3) is 6.43. The van der Waals surface area contributed by atoms with Gasteiger partial charge in [0.15, 0.2) is 0 Å². The molecule has 0 rings (SSSR count). The van der Waals surface area contributed by atoms with Crippen LogP contribution in [0.15, 0.2) is 0 Å². The molecule has 0 aliphatic carbocycles. The van der Waals surface area contributed by atoms with Crippen LogP contribution < -0.4 is 5.73 Å². The SMILES string of the molecule is CCCCS[C@@H](C)CCN. The summed E-state index contributed by atoms with van der Waals surface area (Å²) in [5.74, 6) is 1.30. The molecule has 0 radical (unpaired) electrons. The average Bonchev–Trinajstić information content (AvgIpc) is 1.89. The van der Waals surface area contributed by atoms with E-state index in [9.17, 15) is 0 Å².